The van der Waals surface area contributed by atoms with Crippen molar-refractivity contribution >= 4 is 11.7 Å². The van der Waals surface area contributed by atoms with Crippen LogP contribution in [0.5, 0.6) is 0 Å². The molecule has 6 heteroatoms. The third-order valence-electron chi connectivity index (χ3n) is 5.46. The van der Waals surface area contributed by atoms with E-state index in [0.29, 0.717) is 38.6 Å². The highest BCUT2D eigenvalue weighted by Crippen LogP contribution is 2.51. The third kappa shape index (κ3) is 2.67. The van der Waals surface area contributed by atoms with E-state index in [9.17, 15) is 9.18 Å². The molecule has 1 aliphatic carbocycles. The number of benzene rings is 1. The minimum Gasteiger partial charge on any atom is -0.376 e. The summed E-state index contributed by atoms with van der Waals surface area (Å²) < 4.78 is 25.4. The van der Waals surface area contributed by atoms with Crippen molar-refractivity contribution in [1.29, 1.82) is 0 Å². The Bertz CT molecular complexity index is 625. The summed E-state index contributed by atoms with van der Waals surface area (Å²) in [7, 11) is 0. The lowest BCUT2D eigenvalue weighted by molar-refractivity contribution is -0.0853. The average Bonchev–Trinajstić information content (AvgIpc) is 3.21. The fourth-order valence-corrected chi connectivity index (χ4v) is 4.29. The summed E-state index contributed by atoms with van der Waals surface area (Å²) in [5.41, 5.74) is 1.38. The van der Waals surface area contributed by atoms with Gasteiger partial charge in [-0.3, -0.25) is 4.90 Å². The Labute approximate surface area is 141 Å². The number of hydrogen-bond donors (Lipinski definition) is 1. The number of nitrogens with zero attached hydrogens (tertiary/aromatic N) is 1. The second-order valence-corrected chi connectivity index (χ2v) is 6.96. The highest BCUT2D eigenvalue weighted by Gasteiger charge is 2.47. The van der Waals surface area contributed by atoms with Crippen LogP contribution in [0.2, 0.25) is 0 Å². The lowest BCUT2D eigenvalue weighted by atomic mass is 9.81. The molecule has 24 heavy (non-hydrogen) atoms. The molecule has 2 amide bonds. The minimum absolute atomic E-state index is 0.0702. The lowest BCUT2D eigenvalue weighted by Crippen LogP contribution is -2.46. The molecule has 1 spiro atoms. The average molecular weight is 334 g/mol. The molecular formula is C18H23FN2O3. The molecule has 3 aliphatic rings. The van der Waals surface area contributed by atoms with Gasteiger partial charge in [0.1, 0.15) is 5.82 Å². The first kappa shape index (κ1) is 15.8. The van der Waals surface area contributed by atoms with E-state index in [1.807, 2.05) is 6.07 Å². The van der Waals surface area contributed by atoms with Crippen LogP contribution in [0, 0.1) is 5.82 Å². The number of carbonyl (C=O) groups is 1. The van der Waals surface area contributed by atoms with Crippen LogP contribution in [0.3, 0.4) is 0 Å². The molecule has 1 saturated heterocycles. The van der Waals surface area contributed by atoms with Gasteiger partial charge in [-0.05, 0) is 24.5 Å². The zero-order valence-electron chi connectivity index (χ0n) is 13.7. The largest absolute Gasteiger partial charge is 0.376 e. The fraction of sp³-hybridized carbons (Fsp3) is 0.611. The zero-order chi connectivity index (χ0) is 16.6. The van der Waals surface area contributed by atoms with E-state index in [4.69, 9.17) is 9.47 Å². The Morgan fingerprint density at radius 1 is 1.33 bits per heavy atom. The molecular weight excluding hydrogens is 311 g/mol. The molecule has 1 saturated carbocycles. The lowest BCUT2D eigenvalue weighted by Gasteiger charge is -2.26. The number of anilines is 1. The smallest absolute Gasteiger partial charge is 0.322 e. The van der Waals surface area contributed by atoms with Gasteiger partial charge >= 0.3 is 6.03 Å². The van der Waals surface area contributed by atoms with E-state index in [1.54, 1.807) is 11.0 Å². The highest BCUT2D eigenvalue weighted by atomic mass is 19.1. The van der Waals surface area contributed by atoms with Gasteiger partial charge < -0.3 is 14.8 Å². The van der Waals surface area contributed by atoms with E-state index in [1.165, 1.54) is 6.07 Å². The number of para-hydroxylation sites is 1. The van der Waals surface area contributed by atoms with Crippen molar-refractivity contribution in [1.82, 2.24) is 5.32 Å². The maximum absolute atomic E-state index is 14.5. The molecule has 4 rings (SSSR count). The van der Waals surface area contributed by atoms with Gasteiger partial charge in [-0.2, -0.15) is 0 Å². The predicted octanol–water partition coefficient (Wildman–Crippen LogP) is 2.58. The van der Waals surface area contributed by atoms with Crippen LogP contribution in [0.15, 0.2) is 18.2 Å². The van der Waals surface area contributed by atoms with Crippen LogP contribution in [0.1, 0.15) is 31.2 Å². The number of hydrogen-bond acceptors (Lipinski definition) is 3. The van der Waals surface area contributed by atoms with Gasteiger partial charge in [0.25, 0.3) is 0 Å². The van der Waals surface area contributed by atoms with Gasteiger partial charge in [-0.1, -0.05) is 25.0 Å². The van der Waals surface area contributed by atoms with Gasteiger partial charge in [-0.15, -0.1) is 0 Å². The SMILES string of the molecule is O=C(NC[C@H]1COCCO1)N1CC2(CCCC2)c2cccc(F)c21. The number of carbonyl (C=O) groups excluding carboxylic acids is 1. The summed E-state index contributed by atoms with van der Waals surface area (Å²) in [5.74, 6) is -0.316. The Hall–Kier alpha value is -1.66. The van der Waals surface area contributed by atoms with Gasteiger partial charge in [0.05, 0.1) is 31.6 Å². The monoisotopic (exact) mass is 334 g/mol. The number of urea groups is 1. The van der Waals surface area contributed by atoms with Crippen molar-refractivity contribution < 1.29 is 18.7 Å². The van der Waals surface area contributed by atoms with Gasteiger partial charge in [-0.25, -0.2) is 9.18 Å². The first-order valence-electron chi connectivity index (χ1n) is 8.73. The summed E-state index contributed by atoms with van der Waals surface area (Å²) in [5, 5.41) is 2.88. The molecule has 0 radical (unpaired) electrons. The van der Waals surface area contributed by atoms with Crippen LogP contribution in [0.4, 0.5) is 14.9 Å². The summed E-state index contributed by atoms with van der Waals surface area (Å²) in [6.45, 7) is 2.57. The van der Waals surface area contributed by atoms with Crippen LogP contribution in [-0.4, -0.2) is 45.0 Å². The summed E-state index contributed by atoms with van der Waals surface area (Å²) >= 11 is 0. The summed E-state index contributed by atoms with van der Waals surface area (Å²) in [6, 6.07) is 4.92. The molecule has 2 fully saturated rings. The van der Waals surface area contributed by atoms with E-state index in [-0.39, 0.29) is 23.4 Å². The van der Waals surface area contributed by atoms with Gasteiger partial charge in [0.15, 0.2) is 0 Å². The molecule has 0 aromatic heterocycles. The number of ether oxygens (including phenoxy) is 2. The third-order valence-corrected chi connectivity index (χ3v) is 5.46. The van der Waals surface area contributed by atoms with E-state index < -0.39 is 0 Å². The van der Waals surface area contributed by atoms with Crippen molar-refractivity contribution in [2.24, 2.45) is 0 Å². The number of halogens is 1. The minimum atomic E-state index is -0.316. The molecule has 130 valence electrons. The molecule has 2 heterocycles. The van der Waals surface area contributed by atoms with E-state index in [0.717, 1.165) is 31.2 Å². The normalized spacial score (nSPS) is 25.0. The first-order valence-corrected chi connectivity index (χ1v) is 8.73. The number of nitrogens with one attached hydrogen (secondary N) is 1. The molecule has 1 N–H and O–H groups in total. The topological polar surface area (TPSA) is 50.8 Å². The zero-order valence-corrected chi connectivity index (χ0v) is 13.7. The molecule has 1 atom stereocenters. The van der Waals surface area contributed by atoms with Crippen molar-refractivity contribution in [3.05, 3.63) is 29.6 Å². The van der Waals surface area contributed by atoms with Gasteiger partial charge in [0.2, 0.25) is 0 Å². The number of rotatable bonds is 2. The Kier molecular flexibility index (Phi) is 4.18. The second-order valence-electron chi connectivity index (χ2n) is 6.96. The highest BCUT2D eigenvalue weighted by molar-refractivity contribution is 5.95. The van der Waals surface area contributed by atoms with Crippen molar-refractivity contribution in [3.63, 3.8) is 0 Å². The maximum Gasteiger partial charge on any atom is 0.322 e. The quantitative estimate of drug-likeness (QED) is 0.904. The number of fused-ring (bicyclic) bond motifs is 2. The Balaban J connectivity index is 1.52. The number of amides is 2. The molecule has 1 aromatic rings. The van der Waals surface area contributed by atoms with Crippen molar-refractivity contribution in [2.45, 2.75) is 37.2 Å². The van der Waals surface area contributed by atoms with Crippen LogP contribution >= 0.6 is 0 Å². The van der Waals surface area contributed by atoms with Crippen molar-refractivity contribution in [3.8, 4) is 0 Å². The first-order chi connectivity index (χ1) is 11.7. The van der Waals surface area contributed by atoms with Gasteiger partial charge in [0, 0.05) is 18.5 Å². The predicted molar refractivity (Wildman–Crippen MR) is 87.8 cm³/mol. The molecule has 0 bridgehead atoms. The second kappa shape index (κ2) is 6.33. The standard InChI is InChI=1S/C18H23FN2O3/c19-15-5-3-4-14-16(15)21(12-18(14)6-1-2-7-18)17(22)20-10-13-11-23-8-9-24-13/h3-5,13H,1-2,6-12H2,(H,20,22)/t13-/m0/s1. The molecule has 2 aliphatic heterocycles. The van der Waals surface area contributed by atoms with Crippen LogP contribution in [0.25, 0.3) is 0 Å². The van der Waals surface area contributed by atoms with Crippen LogP contribution < -0.4 is 10.2 Å². The van der Waals surface area contributed by atoms with E-state index in [2.05, 4.69) is 5.32 Å². The molecule has 0 unspecified atom stereocenters. The van der Waals surface area contributed by atoms with Crippen LogP contribution in [-0.2, 0) is 14.9 Å². The molecule has 1 aromatic carbocycles. The fourth-order valence-electron chi connectivity index (χ4n) is 4.29. The summed E-state index contributed by atoms with van der Waals surface area (Å²) in [4.78, 5) is 14.3. The summed E-state index contributed by atoms with van der Waals surface area (Å²) in [6.07, 6.45) is 4.18. The maximum atomic E-state index is 14.5. The van der Waals surface area contributed by atoms with E-state index >= 15 is 0 Å². The Morgan fingerprint density at radius 2 is 2.17 bits per heavy atom. The Morgan fingerprint density at radius 3 is 2.92 bits per heavy atom. The van der Waals surface area contributed by atoms with Crippen molar-refractivity contribution in [2.75, 3.05) is 37.8 Å². The molecule has 5 nitrogen and oxygen atoms in total.